The number of benzene rings is 2. The Morgan fingerprint density at radius 2 is 1.88 bits per heavy atom. The molecule has 178 valence electrons. The number of imide groups is 1. The van der Waals surface area contributed by atoms with Crippen molar-refractivity contribution in [3.8, 4) is 11.5 Å². The van der Waals surface area contributed by atoms with Crippen molar-refractivity contribution in [3.05, 3.63) is 80.8 Å². The molecule has 0 radical (unpaired) electrons. The van der Waals surface area contributed by atoms with Crippen LogP contribution in [0.2, 0.25) is 0 Å². The van der Waals surface area contributed by atoms with E-state index in [-0.39, 0.29) is 23.4 Å². The summed E-state index contributed by atoms with van der Waals surface area (Å²) < 4.78 is 11.9. The summed E-state index contributed by atoms with van der Waals surface area (Å²) in [4.78, 5) is 36.8. The lowest BCUT2D eigenvalue weighted by atomic mass is 10.0. The molecule has 2 amide bonds. The highest BCUT2D eigenvalue weighted by atomic mass is 32.2. The van der Waals surface area contributed by atoms with Crippen molar-refractivity contribution in [1.82, 2.24) is 4.90 Å². The zero-order valence-electron chi connectivity index (χ0n) is 19.1. The number of carbonyl (C=O) groups excluding carboxylic acids is 2. The third-order valence-corrected chi connectivity index (χ3v) is 5.87. The third kappa shape index (κ3) is 5.85. The van der Waals surface area contributed by atoms with Gasteiger partial charge in [-0.15, -0.1) is 6.58 Å². The molecule has 34 heavy (non-hydrogen) atoms. The first-order valence-corrected chi connectivity index (χ1v) is 11.7. The van der Waals surface area contributed by atoms with Crippen LogP contribution in [0.5, 0.6) is 11.5 Å². The lowest BCUT2D eigenvalue weighted by Crippen LogP contribution is -2.28. The first-order valence-electron chi connectivity index (χ1n) is 10.9. The number of nitro groups is 1. The number of non-ortho nitro benzene ring substituents is 1. The van der Waals surface area contributed by atoms with Gasteiger partial charge in [0, 0.05) is 24.2 Å². The van der Waals surface area contributed by atoms with E-state index in [0.29, 0.717) is 48.0 Å². The fourth-order valence-corrected chi connectivity index (χ4v) is 4.30. The quantitative estimate of drug-likeness (QED) is 0.174. The monoisotopic (exact) mass is 482 g/mol. The molecule has 0 unspecified atom stereocenters. The van der Waals surface area contributed by atoms with Crippen molar-refractivity contribution in [2.24, 2.45) is 0 Å². The Bertz CT molecular complexity index is 1130. The summed E-state index contributed by atoms with van der Waals surface area (Å²) in [7, 11) is 0. The molecule has 0 aromatic heterocycles. The van der Waals surface area contributed by atoms with Gasteiger partial charge in [0.1, 0.15) is 6.61 Å². The van der Waals surface area contributed by atoms with Crippen LogP contribution in [0, 0.1) is 10.1 Å². The first-order chi connectivity index (χ1) is 16.4. The lowest BCUT2D eigenvalue weighted by Gasteiger charge is -2.17. The number of carbonyl (C=O) groups is 2. The number of hydrogen-bond acceptors (Lipinski definition) is 7. The zero-order valence-corrected chi connectivity index (χ0v) is 19.9. The van der Waals surface area contributed by atoms with Crippen LogP contribution in [0.15, 0.2) is 54.0 Å². The van der Waals surface area contributed by atoms with Crippen LogP contribution in [0.3, 0.4) is 0 Å². The Labute approximate surface area is 202 Å². The molecule has 1 saturated heterocycles. The molecule has 1 aliphatic rings. The van der Waals surface area contributed by atoms with Gasteiger partial charge >= 0.3 is 0 Å². The summed E-state index contributed by atoms with van der Waals surface area (Å²) in [6.07, 6.45) is 4.62. The van der Waals surface area contributed by atoms with E-state index in [4.69, 9.17) is 9.47 Å². The molecule has 0 N–H and O–H groups in total. The number of ether oxygens (including phenoxy) is 2. The summed E-state index contributed by atoms with van der Waals surface area (Å²) in [6, 6.07) is 9.81. The predicted octanol–water partition coefficient (Wildman–Crippen LogP) is 5.75. The van der Waals surface area contributed by atoms with Crippen LogP contribution >= 0.6 is 11.8 Å². The Hall–Kier alpha value is -3.59. The summed E-state index contributed by atoms with van der Waals surface area (Å²) in [6.45, 7) is 8.57. The van der Waals surface area contributed by atoms with Crippen molar-refractivity contribution >= 4 is 34.7 Å². The Morgan fingerprint density at radius 1 is 1.15 bits per heavy atom. The summed E-state index contributed by atoms with van der Waals surface area (Å²) in [5.41, 5.74) is 2.30. The lowest BCUT2D eigenvalue weighted by molar-refractivity contribution is -0.384. The molecule has 2 aromatic carbocycles. The number of nitrogens with zero attached hydrogens (tertiary/aromatic N) is 2. The molecule has 1 fully saturated rings. The van der Waals surface area contributed by atoms with E-state index in [0.717, 1.165) is 22.9 Å². The van der Waals surface area contributed by atoms with Crippen molar-refractivity contribution in [1.29, 1.82) is 0 Å². The number of rotatable bonds is 11. The molecule has 0 atom stereocenters. The van der Waals surface area contributed by atoms with Crippen LogP contribution in [0.1, 0.15) is 37.0 Å². The summed E-state index contributed by atoms with van der Waals surface area (Å²) >= 11 is 0.928. The first kappa shape index (κ1) is 25.0. The molecule has 0 saturated carbocycles. The van der Waals surface area contributed by atoms with Gasteiger partial charge in [-0.25, -0.2) is 0 Å². The molecule has 2 aromatic rings. The second kappa shape index (κ2) is 11.5. The zero-order chi connectivity index (χ0) is 24.7. The highest BCUT2D eigenvalue weighted by molar-refractivity contribution is 8.18. The highest BCUT2D eigenvalue weighted by Crippen LogP contribution is 2.38. The largest absolute Gasteiger partial charge is 0.490 e. The topological polar surface area (TPSA) is 99.0 Å². The van der Waals surface area contributed by atoms with Gasteiger partial charge in [0.2, 0.25) is 0 Å². The van der Waals surface area contributed by atoms with E-state index in [1.165, 1.54) is 17.0 Å². The van der Waals surface area contributed by atoms with E-state index in [2.05, 4.69) is 6.58 Å². The number of allylic oxidation sites excluding steroid dienone is 1. The molecule has 1 heterocycles. The Balaban J connectivity index is 1.91. The molecule has 3 rings (SSSR count). The number of nitro benzene ring substituents is 1. The molecule has 0 aliphatic carbocycles. The molecule has 0 spiro atoms. The smallest absolute Gasteiger partial charge is 0.293 e. The van der Waals surface area contributed by atoms with Gasteiger partial charge in [0.05, 0.1) is 16.4 Å². The van der Waals surface area contributed by atoms with Gasteiger partial charge in [-0.1, -0.05) is 13.0 Å². The molecular weight excluding hydrogens is 456 g/mol. The van der Waals surface area contributed by atoms with Crippen molar-refractivity contribution < 1.29 is 24.0 Å². The third-order valence-electron chi connectivity index (χ3n) is 4.97. The van der Waals surface area contributed by atoms with E-state index in [1.807, 2.05) is 19.9 Å². The van der Waals surface area contributed by atoms with Crippen LogP contribution in [-0.2, 0) is 17.8 Å². The maximum Gasteiger partial charge on any atom is 0.293 e. The second-order valence-corrected chi connectivity index (χ2v) is 8.47. The van der Waals surface area contributed by atoms with Gasteiger partial charge in [0.25, 0.3) is 16.8 Å². The standard InChI is InChI=1S/C25H26N2O6S/c1-4-7-19-13-18(15-22-24(28)26(12-5-2)25(29)34-22)14-21(32-6-3)23(19)33-16-17-8-10-20(11-9-17)27(30)31/h4,8-11,13-15H,1,5-7,12,16H2,2-3H3/b22-15+. The van der Waals surface area contributed by atoms with Crippen LogP contribution in [0.4, 0.5) is 10.5 Å². The van der Waals surface area contributed by atoms with Crippen LogP contribution in [-0.4, -0.2) is 34.1 Å². The average Bonchev–Trinajstić information content (AvgIpc) is 3.07. The average molecular weight is 483 g/mol. The molecule has 0 bridgehead atoms. The minimum Gasteiger partial charge on any atom is -0.490 e. The van der Waals surface area contributed by atoms with Crippen molar-refractivity contribution in [2.45, 2.75) is 33.3 Å². The fraction of sp³-hybridized carbons (Fsp3) is 0.280. The van der Waals surface area contributed by atoms with E-state index >= 15 is 0 Å². The normalized spacial score (nSPS) is 14.5. The van der Waals surface area contributed by atoms with E-state index in [9.17, 15) is 19.7 Å². The van der Waals surface area contributed by atoms with E-state index in [1.54, 1.807) is 30.4 Å². The Morgan fingerprint density at radius 3 is 2.50 bits per heavy atom. The van der Waals surface area contributed by atoms with Gasteiger partial charge in [-0.05, 0) is 73.0 Å². The minimum atomic E-state index is -0.449. The molecule has 8 nitrogen and oxygen atoms in total. The van der Waals surface area contributed by atoms with E-state index < -0.39 is 4.92 Å². The van der Waals surface area contributed by atoms with Gasteiger partial charge in [0.15, 0.2) is 11.5 Å². The maximum atomic E-state index is 12.6. The van der Waals surface area contributed by atoms with Crippen molar-refractivity contribution in [2.75, 3.05) is 13.2 Å². The van der Waals surface area contributed by atoms with Crippen molar-refractivity contribution in [3.63, 3.8) is 0 Å². The minimum absolute atomic E-state index is 0.0128. The molecule has 9 heteroatoms. The highest BCUT2D eigenvalue weighted by Gasteiger charge is 2.34. The maximum absolute atomic E-state index is 12.6. The van der Waals surface area contributed by atoms with Crippen LogP contribution < -0.4 is 9.47 Å². The summed E-state index contributed by atoms with van der Waals surface area (Å²) in [5, 5.41) is 10.6. The molecular formula is C25H26N2O6S. The van der Waals surface area contributed by atoms with Gasteiger partial charge in [-0.2, -0.15) is 0 Å². The Kier molecular flexibility index (Phi) is 8.48. The van der Waals surface area contributed by atoms with Gasteiger partial charge < -0.3 is 9.47 Å². The SMILES string of the molecule is C=CCc1cc(/C=C2/SC(=O)N(CCC)C2=O)cc(OCC)c1OCc1ccc([N+](=O)[O-])cc1. The molecule has 1 aliphatic heterocycles. The summed E-state index contributed by atoms with van der Waals surface area (Å²) in [5.74, 6) is 0.748. The number of thioether (sulfide) groups is 1. The van der Waals surface area contributed by atoms with Gasteiger partial charge in [-0.3, -0.25) is 24.6 Å². The predicted molar refractivity (Wildman–Crippen MR) is 132 cm³/mol. The number of amides is 2. The second-order valence-electron chi connectivity index (χ2n) is 7.48. The number of hydrogen-bond donors (Lipinski definition) is 0. The fourth-order valence-electron chi connectivity index (χ4n) is 3.44. The van der Waals surface area contributed by atoms with Crippen LogP contribution in [0.25, 0.3) is 6.08 Å².